The van der Waals surface area contributed by atoms with Gasteiger partial charge >= 0.3 is 0 Å². The summed E-state index contributed by atoms with van der Waals surface area (Å²) in [6.07, 6.45) is -4.53. The Balaban J connectivity index is 1.68. The van der Waals surface area contributed by atoms with E-state index in [1.54, 1.807) is 6.92 Å². The van der Waals surface area contributed by atoms with Crippen molar-refractivity contribution in [3.63, 3.8) is 0 Å². The van der Waals surface area contributed by atoms with Crippen LogP contribution in [0, 0.1) is 0 Å². The fraction of sp³-hybridized carbons (Fsp3) is 0.444. The molecule has 11 nitrogen and oxygen atoms in total. The first kappa shape index (κ1) is 26.3. The molecule has 3 aliphatic rings. The molecule has 5 rings (SSSR count). The van der Waals surface area contributed by atoms with E-state index >= 15 is 0 Å². The zero-order valence-electron chi connectivity index (χ0n) is 21.1. The number of fused-ring (bicyclic) bond motifs is 3. The number of aromatic hydroxyl groups is 2. The van der Waals surface area contributed by atoms with E-state index in [-0.39, 0.29) is 40.8 Å². The molecule has 2 aromatic carbocycles. The SMILES string of the molecule is COc1cccc2c1C(=O)c1c(O)c3c(c(O)c1C2=O)CC(O)(C(C)=O)CC3O[C@H]1C[C@H](N)[C@@H](O)[C@@H](C)O1. The average molecular weight is 528 g/mol. The number of rotatable bonds is 4. The van der Waals surface area contributed by atoms with Crippen molar-refractivity contribution in [1.82, 2.24) is 0 Å². The van der Waals surface area contributed by atoms with Crippen LogP contribution in [0.4, 0.5) is 0 Å². The minimum atomic E-state index is -2.00. The third-order valence-electron chi connectivity index (χ3n) is 7.80. The Morgan fingerprint density at radius 2 is 1.82 bits per heavy atom. The van der Waals surface area contributed by atoms with Gasteiger partial charge in [0, 0.05) is 42.0 Å². The van der Waals surface area contributed by atoms with E-state index in [4.69, 9.17) is 19.9 Å². The Morgan fingerprint density at radius 1 is 1.13 bits per heavy atom. The van der Waals surface area contributed by atoms with Gasteiger partial charge in [-0.15, -0.1) is 0 Å². The standard InChI is InChI=1S/C27H29NO10/c1-10-22(30)14(28)7-17(37-10)38-16-9-27(35,11(2)29)8-13-19(16)26(34)21-20(24(13)32)23(31)12-5-4-6-15(36-3)18(12)25(21)33/h4-6,10,14,16-17,22,30,32,34-35H,7-9,28H2,1-3H3/t10-,14+,16?,17+,22+,27?/m1/s1. The molecule has 6 atom stereocenters. The molecule has 11 heteroatoms. The van der Waals surface area contributed by atoms with Crippen LogP contribution in [0.1, 0.15) is 75.8 Å². The lowest BCUT2D eigenvalue weighted by molar-refractivity contribution is -0.247. The maximum absolute atomic E-state index is 13.6. The predicted molar refractivity (Wildman–Crippen MR) is 130 cm³/mol. The summed E-state index contributed by atoms with van der Waals surface area (Å²) < 4.78 is 17.1. The fourth-order valence-corrected chi connectivity index (χ4v) is 5.66. The lowest BCUT2D eigenvalue weighted by Crippen LogP contribution is -2.52. The van der Waals surface area contributed by atoms with Crippen LogP contribution in [0.3, 0.4) is 0 Å². The summed E-state index contributed by atoms with van der Waals surface area (Å²) in [5, 5.41) is 44.1. The molecule has 0 bridgehead atoms. The number of ether oxygens (including phenoxy) is 3. The van der Waals surface area contributed by atoms with Gasteiger partial charge in [0.25, 0.3) is 0 Å². The number of hydrogen-bond acceptors (Lipinski definition) is 11. The molecular weight excluding hydrogens is 498 g/mol. The summed E-state index contributed by atoms with van der Waals surface area (Å²) in [5.74, 6) is -3.18. The number of phenolic OH excluding ortho intramolecular Hbond substituents is 2. The Kier molecular flexibility index (Phi) is 6.32. The molecule has 2 unspecified atom stereocenters. The normalized spacial score (nSPS) is 30.3. The summed E-state index contributed by atoms with van der Waals surface area (Å²) in [7, 11) is 1.34. The minimum absolute atomic E-state index is 0.0147. The lowest BCUT2D eigenvalue weighted by atomic mass is 9.72. The van der Waals surface area contributed by atoms with Crippen LogP contribution < -0.4 is 10.5 Å². The van der Waals surface area contributed by atoms with Crippen molar-refractivity contribution in [2.45, 2.75) is 69.4 Å². The highest BCUT2D eigenvalue weighted by molar-refractivity contribution is 6.31. The first-order chi connectivity index (χ1) is 17.9. The maximum atomic E-state index is 13.6. The van der Waals surface area contributed by atoms with Gasteiger partial charge in [0.1, 0.15) is 22.8 Å². The van der Waals surface area contributed by atoms with Crippen LogP contribution in [0.5, 0.6) is 17.2 Å². The number of phenols is 2. The van der Waals surface area contributed by atoms with E-state index in [1.807, 2.05) is 0 Å². The third-order valence-corrected chi connectivity index (χ3v) is 7.80. The summed E-state index contributed by atoms with van der Waals surface area (Å²) in [6.45, 7) is 2.79. The van der Waals surface area contributed by atoms with Gasteiger partial charge in [0.2, 0.25) is 5.78 Å². The number of carbonyl (C=O) groups is 3. The summed E-state index contributed by atoms with van der Waals surface area (Å²) in [6, 6.07) is 3.75. The van der Waals surface area contributed by atoms with Crippen molar-refractivity contribution in [3.05, 3.63) is 51.6 Å². The zero-order chi connectivity index (χ0) is 27.7. The first-order valence-corrected chi connectivity index (χ1v) is 12.2. The van der Waals surface area contributed by atoms with E-state index in [0.717, 1.165) is 0 Å². The molecule has 0 saturated carbocycles. The van der Waals surface area contributed by atoms with Crippen LogP contribution in [0.25, 0.3) is 0 Å². The van der Waals surface area contributed by atoms with Crippen molar-refractivity contribution in [1.29, 1.82) is 0 Å². The van der Waals surface area contributed by atoms with Gasteiger partial charge in [-0.05, 0) is 19.9 Å². The number of Topliss-reactive ketones (excluding diaryl/α,β-unsaturated/α-hetero) is 1. The van der Waals surface area contributed by atoms with Crippen LogP contribution in [0.2, 0.25) is 0 Å². The first-order valence-electron chi connectivity index (χ1n) is 12.2. The van der Waals surface area contributed by atoms with E-state index in [1.165, 1.54) is 32.2 Å². The lowest BCUT2D eigenvalue weighted by Gasteiger charge is -2.42. The van der Waals surface area contributed by atoms with Crippen LogP contribution in [0.15, 0.2) is 18.2 Å². The second-order valence-corrected chi connectivity index (χ2v) is 10.1. The maximum Gasteiger partial charge on any atom is 0.202 e. The van der Waals surface area contributed by atoms with Gasteiger partial charge in [-0.1, -0.05) is 12.1 Å². The topological polar surface area (TPSA) is 186 Å². The van der Waals surface area contributed by atoms with Crippen molar-refractivity contribution < 1.29 is 49.0 Å². The van der Waals surface area contributed by atoms with Gasteiger partial charge in [-0.3, -0.25) is 14.4 Å². The Labute approximate surface area is 217 Å². The van der Waals surface area contributed by atoms with Gasteiger partial charge < -0.3 is 40.4 Å². The van der Waals surface area contributed by atoms with Gasteiger partial charge in [-0.2, -0.15) is 0 Å². The average Bonchev–Trinajstić information content (AvgIpc) is 2.87. The highest BCUT2D eigenvalue weighted by Gasteiger charge is 2.49. The van der Waals surface area contributed by atoms with Crippen molar-refractivity contribution >= 4 is 17.3 Å². The monoisotopic (exact) mass is 527 g/mol. The Morgan fingerprint density at radius 3 is 2.45 bits per heavy atom. The molecule has 0 amide bonds. The van der Waals surface area contributed by atoms with E-state index in [0.29, 0.717) is 0 Å². The van der Waals surface area contributed by atoms with Crippen molar-refractivity contribution in [3.8, 4) is 17.2 Å². The number of nitrogens with two attached hydrogens (primary N) is 1. The molecule has 1 aliphatic heterocycles. The molecular formula is C27H29NO10. The van der Waals surface area contributed by atoms with Crippen molar-refractivity contribution in [2.24, 2.45) is 5.73 Å². The molecule has 2 aliphatic carbocycles. The second-order valence-electron chi connectivity index (χ2n) is 10.1. The van der Waals surface area contributed by atoms with Crippen LogP contribution in [-0.4, -0.2) is 75.0 Å². The molecule has 0 spiro atoms. The Hall–Kier alpha value is -3.35. The molecule has 38 heavy (non-hydrogen) atoms. The minimum Gasteiger partial charge on any atom is -0.507 e. The quantitative estimate of drug-likeness (QED) is 0.305. The van der Waals surface area contributed by atoms with Gasteiger partial charge in [0.05, 0.1) is 42.1 Å². The summed E-state index contributed by atoms with van der Waals surface area (Å²) >= 11 is 0. The highest BCUT2D eigenvalue weighted by Crippen LogP contribution is 2.52. The summed E-state index contributed by atoms with van der Waals surface area (Å²) in [4.78, 5) is 39.6. The number of methoxy groups -OCH3 is 1. The van der Waals surface area contributed by atoms with Crippen LogP contribution in [-0.2, 0) is 20.7 Å². The largest absolute Gasteiger partial charge is 0.507 e. The van der Waals surface area contributed by atoms with Gasteiger partial charge in [0.15, 0.2) is 17.9 Å². The van der Waals surface area contributed by atoms with Gasteiger partial charge in [-0.25, -0.2) is 0 Å². The molecule has 0 aromatic heterocycles. The van der Waals surface area contributed by atoms with E-state index in [2.05, 4.69) is 0 Å². The third kappa shape index (κ3) is 3.81. The molecule has 2 aromatic rings. The molecule has 1 fully saturated rings. The van der Waals surface area contributed by atoms with E-state index in [9.17, 15) is 34.8 Å². The highest BCUT2D eigenvalue weighted by atomic mass is 16.7. The Bertz CT molecular complexity index is 1360. The molecule has 1 heterocycles. The van der Waals surface area contributed by atoms with E-state index < -0.39 is 82.6 Å². The number of hydrogen-bond donors (Lipinski definition) is 5. The number of carbonyl (C=O) groups excluding carboxylic acids is 3. The molecule has 6 N–H and O–H groups in total. The predicted octanol–water partition coefficient (Wildman–Crippen LogP) is 1.03. The molecule has 1 saturated heterocycles. The fourth-order valence-electron chi connectivity index (χ4n) is 5.66. The molecule has 202 valence electrons. The zero-order valence-corrected chi connectivity index (χ0v) is 21.1. The number of aliphatic hydroxyl groups excluding tert-OH is 1. The smallest absolute Gasteiger partial charge is 0.202 e. The van der Waals surface area contributed by atoms with Crippen molar-refractivity contribution in [2.75, 3.05) is 7.11 Å². The number of aliphatic hydroxyl groups is 2. The van der Waals surface area contributed by atoms with Crippen LogP contribution >= 0.6 is 0 Å². The second kappa shape index (κ2) is 9.14. The number of ketones is 3. The molecule has 0 radical (unpaired) electrons. The number of benzene rings is 2. The summed E-state index contributed by atoms with van der Waals surface area (Å²) in [5.41, 5.74) is 2.97.